The molecule has 1 aromatic carbocycles. The van der Waals surface area contributed by atoms with Gasteiger partial charge in [0.25, 0.3) is 0 Å². The van der Waals surface area contributed by atoms with Crippen molar-refractivity contribution in [1.29, 1.82) is 0 Å². The van der Waals surface area contributed by atoms with E-state index in [-0.39, 0.29) is 0 Å². The number of benzene rings is 1. The number of nitrogens with one attached hydrogen (secondary N) is 1. The fourth-order valence-electron chi connectivity index (χ4n) is 2.33. The molecule has 1 aromatic heterocycles. The molecule has 3 rings (SSSR count). The third-order valence-electron chi connectivity index (χ3n) is 3.29. The van der Waals surface area contributed by atoms with Gasteiger partial charge in [0.15, 0.2) is 0 Å². The molecule has 0 amide bonds. The van der Waals surface area contributed by atoms with Gasteiger partial charge in [-0.3, -0.25) is 0 Å². The zero-order valence-corrected chi connectivity index (χ0v) is 10.7. The molecule has 0 unspecified atom stereocenters. The first-order valence-electron chi connectivity index (χ1n) is 6.21. The molecule has 3 nitrogen and oxygen atoms in total. The second-order valence-electron chi connectivity index (χ2n) is 4.51. The van der Waals surface area contributed by atoms with Gasteiger partial charge in [-0.1, -0.05) is 0 Å². The lowest BCUT2D eigenvalue weighted by atomic mass is 10.3. The summed E-state index contributed by atoms with van der Waals surface area (Å²) in [6.07, 6.45) is 2.74. The fraction of sp³-hybridized carbons (Fsp3) is 0.462. The maximum Gasteiger partial charge on any atom is 0.0813 e. The van der Waals surface area contributed by atoms with Gasteiger partial charge in [-0.15, -0.1) is 11.3 Å². The molecule has 0 aliphatic carbocycles. The molecule has 90 valence electrons. The summed E-state index contributed by atoms with van der Waals surface area (Å²) in [5, 5.41) is 3.49. The first-order valence-corrected chi connectivity index (χ1v) is 7.09. The van der Waals surface area contributed by atoms with Crippen LogP contribution in [0.2, 0.25) is 0 Å². The van der Waals surface area contributed by atoms with E-state index in [0.29, 0.717) is 0 Å². The highest BCUT2D eigenvalue weighted by Crippen LogP contribution is 2.21. The molecule has 4 heteroatoms. The summed E-state index contributed by atoms with van der Waals surface area (Å²) in [4.78, 5) is 6.81. The number of hydrogen-bond acceptors (Lipinski definition) is 4. The molecule has 2 aromatic rings. The number of fused-ring (bicyclic) bond motifs is 1. The number of likely N-dealkylation sites (tertiary alicyclic amines) is 1. The van der Waals surface area contributed by atoms with Crippen LogP contribution in [-0.2, 0) is 0 Å². The first-order chi connectivity index (χ1) is 8.42. The Morgan fingerprint density at radius 1 is 1.29 bits per heavy atom. The molecule has 0 spiro atoms. The molecule has 0 saturated carbocycles. The minimum Gasteiger partial charge on any atom is -0.384 e. The van der Waals surface area contributed by atoms with E-state index in [4.69, 9.17) is 0 Å². The SMILES string of the molecule is c1nc2ccc(NCCN3CCCC3)cc2s1. The highest BCUT2D eigenvalue weighted by atomic mass is 32.1. The van der Waals surface area contributed by atoms with Crippen molar-refractivity contribution >= 4 is 27.2 Å². The fourth-order valence-corrected chi connectivity index (χ4v) is 3.05. The molecule has 2 heterocycles. The van der Waals surface area contributed by atoms with Crippen LogP contribution in [0.5, 0.6) is 0 Å². The number of thiazole rings is 1. The van der Waals surface area contributed by atoms with E-state index in [1.165, 1.54) is 36.3 Å². The van der Waals surface area contributed by atoms with Gasteiger partial charge in [0, 0.05) is 18.8 Å². The Morgan fingerprint density at radius 3 is 3.06 bits per heavy atom. The van der Waals surface area contributed by atoms with Crippen molar-refractivity contribution < 1.29 is 0 Å². The van der Waals surface area contributed by atoms with E-state index in [2.05, 4.69) is 33.4 Å². The lowest BCUT2D eigenvalue weighted by Gasteiger charge is -2.15. The Labute approximate surface area is 105 Å². The van der Waals surface area contributed by atoms with Gasteiger partial charge in [-0.05, 0) is 44.1 Å². The zero-order valence-electron chi connectivity index (χ0n) is 9.85. The Hall–Kier alpha value is -1.13. The van der Waals surface area contributed by atoms with Gasteiger partial charge in [0.05, 0.1) is 15.7 Å². The largest absolute Gasteiger partial charge is 0.384 e. The van der Waals surface area contributed by atoms with Crippen LogP contribution in [0, 0.1) is 0 Å². The third-order valence-corrected chi connectivity index (χ3v) is 4.08. The van der Waals surface area contributed by atoms with Crippen LogP contribution in [0.15, 0.2) is 23.7 Å². The van der Waals surface area contributed by atoms with Gasteiger partial charge >= 0.3 is 0 Å². The van der Waals surface area contributed by atoms with E-state index in [0.717, 1.165) is 18.6 Å². The maximum atomic E-state index is 4.29. The Morgan fingerprint density at radius 2 is 2.18 bits per heavy atom. The molecule has 0 radical (unpaired) electrons. The molecular formula is C13H17N3S. The predicted octanol–water partition coefficient (Wildman–Crippen LogP) is 2.80. The second-order valence-corrected chi connectivity index (χ2v) is 5.40. The van der Waals surface area contributed by atoms with Crippen LogP contribution in [0.1, 0.15) is 12.8 Å². The van der Waals surface area contributed by atoms with Crippen LogP contribution < -0.4 is 5.32 Å². The van der Waals surface area contributed by atoms with Crippen molar-refractivity contribution in [2.75, 3.05) is 31.5 Å². The van der Waals surface area contributed by atoms with Crippen molar-refractivity contribution in [3.63, 3.8) is 0 Å². The maximum absolute atomic E-state index is 4.29. The molecule has 1 aliphatic rings. The highest BCUT2D eigenvalue weighted by Gasteiger charge is 2.10. The molecule has 1 N–H and O–H groups in total. The van der Waals surface area contributed by atoms with Crippen molar-refractivity contribution in [2.24, 2.45) is 0 Å². The minimum atomic E-state index is 1.03. The number of hydrogen-bond donors (Lipinski definition) is 1. The van der Waals surface area contributed by atoms with Crippen LogP contribution in [0.4, 0.5) is 5.69 Å². The van der Waals surface area contributed by atoms with E-state index in [1.54, 1.807) is 11.3 Å². The third kappa shape index (κ3) is 2.58. The van der Waals surface area contributed by atoms with E-state index in [9.17, 15) is 0 Å². The van der Waals surface area contributed by atoms with Crippen molar-refractivity contribution in [2.45, 2.75) is 12.8 Å². The molecule has 0 atom stereocenters. The summed E-state index contributed by atoms with van der Waals surface area (Å²) >= 11 is 1.70. The first kappa shape index (κ1) is 11.0. The Kier molecular flexibility index (Phi) is 3.25. The summed E-state index contributed by atoms with van der Waals surface area (Å²) in [6.45, 7) is 4.73. The molecule has 0 bridgehead atoms. The van der Waals surface area contributed by atoms with Crippen LogP contribution in [-0.4, -0.2) is 36.1 Å². The van der Waals surface area contributed by atoms with Gasteiger partial charge < -0.3 is 10.2 Å². The van der Waals surface area contributed by atoms with Crippen LogP contribution in [0.3, 0.4) is 0 Å². The van der Waals surface area contributed by atoms with Crippen LogP contribution in [0.25, 0.3) is 10.2 Å². The average Bonchev–Trinajstić information content (AvgIpc) is 2.98. The van der Waals surface area contributed by atoms with Crippen LogP contribution >= 0.6 is 11.3 Å². The quantitative estimate of drug-likeness (QED) is 0.900. The molecular weight excluding hydrogens is 230 g/mol. The Balaban J connectivity index is 1.56. The number of nitrogens with zero attached hydrogens (tertiary/aromatic N) is 2. The second kappa shape index (κ2) is 5.02. The van der Waals surface area contributed by atoms with Crippen molar-refractivity contribution in [1.82, 2.24) is 9.88 Å². The minimum absolute atomic E-state index is 1.03. The summed E-state index contributed by atoms with van der Waals surface area (Å²) in [5.41, 5.74) is 4.21. The molecule has 17 heavy (non-hydrogen) atoms. The van der Waals surface area contributed by atoms with Crippen molar-refractivity contribution in [3.05, 3.63) is 23.7 Å². The van der Waals surface area contributed by atoms with Crippen molar-refractivity contribution in [3.8, 4) is 0 Å². The van der Waals surface area contributed by atoms with Gasteiger partial charge in [-0.25, -0.2) is 4.98 Å². The number of aromatic nitrogens is 1. The summed E-state index contributed by atoms with van der Waals surface area (Å²) in [6, 6.07) is 6.40. The lowest BCUT2D eigenvalue weighted by molar-refractivity contribution is 0.353. The van der Waals surface area contributed by atoms with E-state index in [1.807, 2.05) is 5.51 Å². The zero-order chi connectivity index (χ0) is 11.5. The summed E-state index contributed by atoms with van der Waals surface area (Å²) < 4.78 is 1.26. The highest BCUT2D eigenvalue weighted by molar-refractivity contribution is 7.16. The van der Waals surface area contributed by atoms with Gasteiger partial charge in [-0.2, -0.15) is 0 Å². The molecule has 1 fully saturated rings. The van der Waals surface area contributed by atoms with E-state index < -0.39 is 0 Å². The molecule has 1 aliphatic heterocycles. The topological polar surface area (TPSA) is 28.2 Å². The van der Waals surface area contributed by atoms with Gasteiger partial charge in [0.2, 0.25) is 0 Å². The Bertz CT molecular complexity index is 488. The standard InChI is InChI=1S/C13H17N3S/c1-2-7-16(6-1)8-5-14-11-3-4-12-13(9-11)17-10-15-12/h3-4,9-10,14H,1-2,5-8H2. The summed E-state index contributed by atoms with van der Waals surface area (Å²) in [7, 11) is 0. The summed E-state index contributed by atoms with van der Waals surface area (Å²) in [5.74, 6) is 0. The molecule has 1 saturated heterocycles. The number of rotatable bonds is 4. The van der Waals surface area contributed by atoms with Gasteiger partial charge in [0.1, 0.15) is 0 Å². The average molecular weight is 247 g/mol. The normalized spacial score (nSPS) is 16.7. The predicted molar refractivity (Wildman–Crippen MR) is 73.8 cm³/mol. The number of anilines is 1. The monoisotopic (exact) mass is 247 g/mol. The smallest absolute Gasteiger partial charge is 0.0813 e. The van der Waals surface area contributed by atoms with E-state index >= 15 is 0 Å². The lowest BCUT2D eigenvalue weighted by Crippen LogP contribution is -2.25.